The molecule has 2 aromatic carbocycles. The van der Waals surface area contributed by atoms with E-state index in [0.717, 1.165) is 33.4 Å². The number of nitrogens with one attached hydrogen (secondary N) is 2. The molecule has 10 heteroatoms. The molecule has 2 N–H and O–H groups in total. The maximum Gasteiger partial charge on any atom is 0.408 e. The van der Waals surface area contributed by atoms with Crippen LogP contribution in [0.5, 0.6) is 5.75 Å². The SMILES string of the molecule is COc1ccc(C[C@H](NC(=O)OC(C)(C)C)C(=O)Nc2nc(-c3ccc4cnccc4c3)ns2)cc1. The number of fused-ring (bicyclic) bond motifs is 1. The van der Waals surface area contributed by atoms with Crippen molar-refractivity contribution in [2.24, 2.45) is 0 Å². The molecule has 9 nitrogen and oxygen atoms in total. The number of hydrogen-bond donors (Lipinski definition) is 2. The van der Waals surface area contributed by atoms with Gasteiger partial charge in [0, 0.05) is 41.3 Å². The second-order valence-corrected chi connectivity index (χ2v) is 9.85. The predicted molar refractivity (Wildman–Crippen MR) is 139 cm³/mol. The van der Waals surface area contributed by atoms with Gasteiger partial charge in [-0.25, -0.2) is 4.79 Å². The molecule has 0 fully saturated rings. The van der Waals surface area contributed by atoms with E-state index in [4.69, 9.17) is 9.47 Å². The summed E-state index contributed by atoms with van der Waals surface area (Å²) in [5.41, 5.74) is 0.970. The summed E-state index contributed by atoms with van der Waals surface area (Å²) in [4.78, 5) is 34.2. The molecule has 186 valence electrons. The van der Waals surface area contributed by atoms with Crippen molar-refractivity contribution in [2.45, 2.75) is 38.8 Å². The number of benzene rings is 2. The standard InChI is InChI=1S/C26H27N5O4S/c1-26(2,3)35-25(33)28-21(13-16-5-9-20(34-4)10-6-16)23(32)30-24-29-22(31-36-24)18-7-8-19-15-27-12-11-17(19)14-18/h5-12,14-15,21H,13H2,1-4H3,(H,28,33)(H,29,30,31,32)/t21-/m0/s1. The van der Waals surface area contributed by atoms with E-state index < -0.39 is 23.6 Å². The van der Waals surface area contributed by atoms with Crippen LogP contribution in [0.15, 0.2) is 60.9 Å². The highest BCUT2D eigenvalue weighted by atomic mass is 32.1. The van der Waals surface area contributed by atoms with E-state index in [9.17, 15) is 9.59 Å². The van der Waals surface area contributed by atoms with Crippen molar-refractivity contribution in [1.29, 1.82) is 0 Å². The lowest BCUT2D eigenvalue weighted by Crippen LogP contribution is -2.47. The number of rotatable bonds is 7. The molecule has 1 atom stereocenters. The van der Waals surface area contributed by atoms with Crippen LogP contribution in [0.25, 0.3) is 22.2 Å². The van der Waals surface area contributed by atoms with Gasteiger partial charge in [0.2, 0.25) is 11.0 Å². The Labute approximate surface area is 213 Å². The molecule has 0 saturated heterocycles. The molecule has 0 radical (unpaired) electrons. The smallest absolute Gasteiger partial charge is 0.408 e. The number of aromatic nitrogens is 3. The van der Waals surface area contributed by atoms with E-state index in [0.29, 0.717) is 16.7 Å². The molecule has 2 amide bonds. The number of alkyl carbamates (subject to hydrolysis) is 1. The first-order valence-electron chi connectivity index (χ1n) is 11.3. The lowest BCUT2D eigenvalue weighted by molar-refractivity contribution is -0.118. The van der Waals surface area contributed by atoms with E-state index in [1.165, 1.54) is 0 Å². The molecule has 0 unspecified atom stereocenters. The molecule has 0 aliphatic rings. The number of carbonyl (C=O) groups excluding carboxylic acids is 2. The van der Waals surface area contributed by atoms with E-state index >= 15 is 0 Å². The minimum Gasteiger partial charge on any atom is -0.497 e. The lowest BCUT2D eigenvalue weighted by atomic mass is 10.1. The van der Waals surface area contributed by atoms with Gasteiger partial charge in [0.25, 0.3) is 0 Å². The van der Waals surface area contributed by atoms with Crippen LogP contribution in [-0.2, 0) is 16.0 Å². The van der Waals surface area contributed by atoms with Crippen LogP contribution in [-0.4, -0.2) is 45.1 Å². The Morgan fingerprint density at radius 2 is 1.83 bits per heavy atom. The molecule has 36 heavy (non-hydrogen) atoms. The molecule has 0 bridgehead atoms. The summed E-state index contributed by atoms with van der Waals surface area (Å²) >= 11 is 1.07. The van der Waals surface area contributed by atoms with E-state index in [2.05, 4.69) is 25.0 Å². The zero-order chi connectivity index (χ0) is 25.7. The number of nitrogens with zero attached hydrogens (tertiary/aromatic N) is 3. The van der Waals surface area contributed by atoms with Gasteiger partial charge in [0.05, 0.1) is 7.11 Å². The Morgan fingerprint density at radius 1 is 1.06 bits per heavy atom. The van der Waals surface area contributed by atoms with Crippen LogP contribution < -0.4 is 15.4 Å². The van der Waals surface area contributed by atoms with E-state index in [1.54, 1.807) is 52.4 Å². The third-order valence-corrected chi connectivity index (χ3v) is 5.79. The molecular formula is C26H27N5O4S. The van der Waals surface area contributed by atoms with Gasteiger partial charge in [-0.1, -0.05) is 24.3 Å². The average Bonchev–Trinajstić information content (AvgIpc) is 3.31. The molecule has 0 aliphatic heterocycles. The molecule has 0 aliphatic carbocycles. The first-order chi connectivity index (χ1) is 17.2. The fourth-order valence-electron chi connectivity index (χ4n) is 3.46. The first-order valence-corrected chi connectivity index (χ1v) is 12.1. The highest BCUT2D eigenvalue weighted by Gasteiger charge is 2.26. The second-order valence-electron chi connectivity index (χ2n) is 9.10. The Morgan fingerprint density at radius 3 is 2.56 bits per heavy atom. The number of ether oxygens (including phenoxy) is 2. The van der Waals surface area contributed by atoms with Crippen LogP contribution >= 0.6 is 11.5 Å². The second kappa shape index (κ2) is 10.7. The van der Waals surface area contributed by atoms with Gasteiger partial charge in [0.15, 0.2) is 5.82 Å². The Bertz CT molecular complexity index is 1360. The van der Waals surface area contributed by atoms with Crippen molar-refractivity contribution in [3.05, 3.63) is 66.5 Å². The highest BCUT2D eigenvalue weighted by Crippen LogP contribution is 2.25. The topological polar surface area (TPSA) is 115 Å². The van der Waals surface area contributed by atoms with E-state index in [-0.39, 0.29) is 6.42 Å². The normalized spacial score (nSPS) is 12.1. The molecule has 0 spiro atoms. The maximum absolute atomic E-state index is 13.2. The van der Waals surface area contributed by atoms with Crippen molar-refractivity contribution in [2.75, 3.05) is 12.4 Å². The summed E-state index contributed by atoms with van der Waals surface area (Å²) < 4.78 is 14.9. The van der Waals surface area contributed by atoms with Gasteiger partial charge in [-0.05, 0) is 56.0 Å². The zero-order valence-corrected chi connectivity index (χ0v) is 21.3. The van der Waals surface area contributed by atoms with Gasteiger partial charge in [-0.2, -0.15) is 9.36 Å². The number of methoxy groups -OCH3 is 1. The highest BCUT2D eigenvalue weighted by molar-refractivity contribution is 7.10. The number of carbonyl (C=O) groups is 2. The fraction of sp³-hybridized carbons (Fsp3) is 0.269. The van der Waals surface area contributed by atoms with Crippen molar-refractivity contribution < 1.29 is 19.1 Å². The lowest BCUT2D eigenvalue weighted by Gasteiger charge is -2.23. The molecule has 2 aromatic heterocycles. The van der Waals surface area contributed by atoms with Gasteiger partial charge in [-0.15, -0.1) is 0 Å². The van der Waals surface area contributed by atoms with Crippen molar-refractivity contribution in [3.63, 3.8) is 0 Å². The van der Waals surface area contributed by atoms with Crippen molar-refractivity contribution in [1.82, 2.24) is 19.7 Å². The molecule has 0 saturated carbocycles. The number of pyridine rings is 1. The Kier molecular flexibility index (Phi) is 7.44. The van der Waals surface area contributed by atoms with Crippen molar-refractivity contribution >= 4 is 39.4 Å². The van der Waals surface area contributed by atoms with Gasteiger partial charge in [0.1, 0.15) is 17.4 Å². The largest absolute Gasteiger partial charge is 0.497 e. The third-order valence-electron chi connectivity index (χ3n) is 5.16. The van der Waals surface area contributed by atoms with Gasteiger partial charge < -0.3 is 14.8 Å². The molecule has 4 aromatic rings. The van der Waals surface area contributed by atoms with Crippen molar-refractivity contribution in [3.8, 4) is 17.1 Å². The fourth-order valence-corrected chi connectivity index (χ4v) is 4.06. The van der Waals surface area contributed by atoms with Gasteiger partial charge in [-0.3, -0.25) is 15.1 Å². The summed E-state index contributed by atoms with van der Waals surface area (Å²) in [6.07, 6.45) is 3.09. The third kappa shape index (κ3) is 6.54. The van der Waals surface area contributed by atoms with Crippen LogP contribution in [0.2, 0.25) is 0 Å². The average molecular weight is 506 g/mol. The Hall–Kier alpha value is -4.05. The number of anilines is 1. The number of amides is 2. The van der Waals surface area contributed by atoms with Crippen LogP contribution in [0.4, 0.5) is 9.93 Å². The first kappa shape index (κ1) is 25.1. The molecular weight excluding hydrogens is 478 g/mol. The van der Waals surface area contributed by atoms with Gasteiger partial charge >= 0.3 is 6.09 Å². The predicted octanol–water partition coefficient (Wildman–Crippen LogP) is 4.84. The van der Waals surface area contributed by atoms with Crippen LogP contribution in [0, 0.1) is 0 Å². The van der Waals surface area contributed by atoms with E-state index in [1.807, 2.05) is 36.4 Å². The quantitative estimate of drug-likeness (QED) is 0.369. The molecule has 2 heterocycles. The summed E-state index contributed by atoms with van der Waals surface area (Å²) in [7, 11) is 1.58. The monoisotopic (exact) mass is 505 g/mol. The minimum absolute atomic E-state index is 0.249. The van der Waals surface area contributed by atoms with Crippen LogP contribution in [0.1, 0.15) is 26.3 Å². The summed E-state index contributed by atoms with van der Waals surface area (Å²) in [5.74, 6) is 0.774. The summed E-state index contributed by atoms with van der Waals surface area (Å²) in [5, 5.41) is 7.82. The number of hydrogen-bond acceptors (Lipinski definition) is 8. The summed E-state index contributed by atoms with van der Waals surface area (Å²) in [6, 6.07) is 14.1. The zero-order valence-electron chi connectivity index (χ0n) is 20.4. The maximum atomic E-state index is 13.2. The Balaban J connectivity index is 1.50. The minimum atomic E-state index is -0.895. The molecule has 4 rings (SSSR count). The van der Waals surface area contributed by atoms with Crippen LogP contribution in [0.3, 0.4) is 0 Å². The summed E-state index contributed by atoms with van der Waals surface area (Å²) in [6.45, 7) is 5.28.